The van der Waals surface area contributed by atoms with Crippen LogP contribution in [-0.2, 0) is 6.54 Å². The predicted molar refractivity (Wildman–Crippen MR) is 59.2 cm³/mol. The van der Waals surface area contributed by atoms with E-state index in [1.54, 1.807) is 0 Å². The fraction of sp³-hybridized carbons (Fsp3) is 0.182. The van der Waals surface area contributed by atoms with E-state index in [9.17, 15) is 0 Å². The standard InChI is InChI=1S/C11H13N3/c1-13-11-9(7-12)6-8-4-2-3-5-10(8)14-11/h2-6H,7,12H2,1H3,(H,13,14). The lowest BCUT2D eigenvalue weighted by molar-refractivity contribution is 1.06. The van der Waals surface area contributed by atoms with Crippen LogP contribution >= 0.6 is 0 Å². The van der Waals surface area contributed by atoms with Crippen LogP contribution in [0.5, 0.6) is 0 Å². The Balaban J connectivity index is 2.69. The van der Waals surface area contributed by atoms with Crippen LogP contribution in [0.3, 0.4) is 0 Å². The Labute approximate surface area is 83.0 Å². The summed E-state index contributed by atoms with van der Waals surface area (Å²) in [6.07, 6.45) is 0. The quantitative estimate of drug-likeness (QED) is 0.752. The topological polar surface area (TPSA) is 50.9 Å². The van der Waals surface area contributed by atoms with E-state index in [4.69, 9.17) is 5.73 Å². The van der Waals surface area contributed by atoms with Gasteiger partial charge in [0.2, 0.25) is 0 Å². The van der Waals surface area contributed by atoms with Crippen molar-refractivity contribution in [2.75, 3.05) is 12.4 Å². The second-order valence-corrected chi connectivity index (χ2v) is 3.14. The number of nitrogens with two attached hydrogens (primary N) is 1. The van der Waals surface area contributed by atoms with Gasteiger partial charge >= 0.3 is 0 Å². The molecule has 1 aromatic carbocycles. The number of pyridine rings is 1. The highest BCUT2D eigenvalue weighted by atomic mass is 15.0. The first kappa shape index (κ1) is 8.97. The molecule has 3 nitrogen and oxygen atoms in total. The molecular weight excluding hydrogens is 174 g/mol. The van der Waals surface area contributed by atoms with Crippen molar-refractivity contribution in [2.24, 2.45) is 5.73 Å². The zero-order chi connectivity index (χ0) is 9.97. The number of anilines is 1. The Morgan fingerprint density at radius 3 is 2.86 bits per heavy atom. The average molecular weight is 187 g/mol. The van der Waals surface area contributed by atoms with E-state index in [2.05, 4.69) is 16.4 Å². The molecule has 0 aliphatic heterocycles. The highest BCUT2D eigenvalue weighted by Gasteiger charge is 2.02. The summed E-state index contributed by atoms with van der Waals surface area (Å²) in [5, 5.41) is 4.18. The minimum Gasteiger partial charge on any atom is -0.373 e. The number of hydrogen-bond acceptors (Lipinski definition) is 3. The number of nitrogens with zero attached hydrogens (tertiary/aromatic N) is 1. The largest absolute Gasteiger partial charge is 0.373 e. The van der Waals surface area contributed by atoms with Crippen LogP contribution in [-0.4, -0.2) is 12.0 Å². The van der Waals surface area contributed by atoms with Gasteiger partial charge in [-0.15, -0.1) is 0 Å². The first-order valence-electron chi connectivity index (χ1n) is 4.61. The Morgan fingerprint density at radius 2 is 2.14 bits per heavy atom. The molecular formula is C11H13N3. The van der Waals surface area contributed by atoms with Gasteiger partial charge in [0.1, 0.15) is 5.82 Å². The van der Waals surface area contributed by atoms with Gasteiger partial charge in [0.25, 0.3) is 0 Å². The zero-order valence-electron chi connectivity index (χ0n) is 8.12. The summed E-state index contributed by atoms with van der Waals surface area (Å²) >= 11 is 0. The molecule has 1 aromatic heterocycles. The summed E-state index contributed by atoms with van der Waals surface area (Å²) in [5.74, 6) is 0.867. The molecule has 0 aliphatic rings. The highest BCUT2D eigenvalue weighted by Crippen LogP contribution is 2.19. The average Bonchev–Trinajstić information content (AvgIpc) is 2.27. The van der Waals surface area contributed by atoms with Gasteiger partial charge in [-0.3, -0.25) is 0 Å². The van der Waals surface area contributed by atoms with Crippen molar-refractivity contribution in [3.05, 3.63) is 35.9 Å². The van der Waals surface area contributed by atoms with Gasteiger partial charge in [0.15, 0.2) is 0 Å². The van der Waals surface area contributed by atoms with Crippen molar-refractivity contribution in [3.8, 4) is 0 Å². The molecule has 0 spiro atoms. The second kappa shape index (κ2) is 3.64. The SMILES string of the molecule is CNc1nc2ccccc2cc1CN. The molecule has 0 saturated heterocycles. The molecule has 3 heteroatoms. The number of rotatable bonds is 2. The molecule has 0 radical (unpaired) electrons. The summed E-state index contributed by atoms with van der Waals surface area (Å²) < 4.78 is 0. The summed E-state index contributed by atoms with van der Waals surface area (Å²) in [4.78, 5) is 4.47. The van der Waals surface area contributed by atoms with E-state index in [1.165, 1.54) is 0 Å². The lowest BCUT2D eigenvalue weighted by Crippen LogP contribution is -2.04. The first-order valence-corrected chi connectivity index (χ1v) is 4.61. The lowest BCUT2D eigenvalue weighted by atomic mass is 10.1. The third kappa shape index (κ3) is 1.42. The fourth-order valence-corrected chi connectivity index (χ4v) is 1.53. The number of hydrogen-bond donors (Lipinski definition) is 2. The van der Waals surface area contributed by atoms with Crippen molar-refractivity contribution >= 4 is 16.7 Å². The van der Waals surface area contributed by atoms with Crippen LogP contribution in [0.2, 0.25) is 0 Å². The molecule has 2 aromatic rings. The van der Waals surface area contributed by atoms with Crippen molar-refractivity contribution in [1.29, 1.82) is 0 Å². The van der Waals surface area contributed by atoms with Crippen LogP contribution in [0.15, 0.2) is 30.3 Å². The predicted octanol–water partition coefficient (Wildman–Crippen LogP) is 1.74. The van der Waals surface area contributed by atoms with Gasteiger partial charge in [-0.25, -0.2) is 4.98 Å². The molecule has 0 unspecified atom stereocenters. The van der Waals surface area contributed by atoms with E-state index in [0.29, 0.717) is 6.54 Å². The van der Waals surface area contributed by atoms with Crippen LogP contribution < -0.4 is 11.1 Å². The molecule has 0 amide bonds. The van der Waals surface area contributed by atoms with E-state index in [0.717, 1.165) is 22.3 Å². The zero-order valence-corrected chi connectivity index (χ0v) is 8.12. The third-order valence-corrected chi connectivity index (χ3v) is 2.26. The van der Waals surface area contributed by atoms with Gasteiger partial charge in [-0.2, -0.15) is 0 Å². The Kier molecular flexibility index (Phi) is 2.33. The molecule has 2 rings (SSSR count). The number of nitrogens with one attached hydrogen (secondary N) is 1. The number of para-hydroxylation sites is 1. The minimum atomic E-state index is 0.508. The lowest BCUT2D eigenvalue weighted by Gasteiger charge is -2.07. The molecule has 0 saturated carbocycles. The van der Waals surface area contributed by atoms with Crippen LogP contribution in [0.25, 0.3) is 10.9 Å². The van der Waals surface area contributed by atoms with Gasteiger partial charge < -0.3 is 11.1 Å². The van der Waals surface area contributed by atoms with Crippen LogP contribution in [0.4, 0.5) is 5.82 Å². The van der Waals surface area contributed by atoms with Crippen molar-refractivity contribution in [3.63, 3.8) is 0 Å². The molecule has 0 fully saturated rings. The molecule has 0 atom stereocenters. The van der Waals surface area contributed by atoms with Crippen LogP contribution in [0, 0.1) is 0 Å². The second-order valence-electron chi connectivity index (χ2n) is 3.14. The van der Waals surface area contributed by atoms with Gasteiger partial charge in [0, 0.05) is 24.5 Å². The normalized spacial score (nSPS) is 10.4. The van der Waals surface area contributed by atoms with Crippen molar-refractivity contribution in [2.45, 2.75) is 6.54 Å². The van der Waals surface area contributed by atoms with E-state index in [-0.39, 0.29) is 0 Å². The molecule has 0 bridgehead atoms. The summed E-state index contributed by atoms with van der Waals surface area (Å²) in [6.45, 7) is 0.508. The Morgan fingerprint density at radius 1 is 1.36 bits per heavy atom. The smallest absolute Gasteiger partial charge is 0.130 e. The maximum absolute atomic E-state index is 5.64. The Hall–Kier alpha value is -1.61. The summed E-state index contributed by atoms with van der Waals surface area (Å²) in [5.41, 5.74) is 7.68. The van der Waals surface area contributed by atoms with E-state index in [1.807, 2.05) is 31.3 Å². The fourth-order valence-electron chi connectivity index (χ4n) is 1.53. The maximum Gasteiger partial charge on any atom is 0.130 e. The maximum atomic E-state index is 5.64. The van der Waals surface area contributed by atoms with Gasteiger partial charge in [-0.1, -0.05) is 18.2 Å². The number of benzene rings is 1. The van der Waals surface area contributed by atoms with E-state index < -0.39 is 0 Å². The molecule has 0 aliphatic carbocycles. The monoisotopic (exact) mass is 187 g/mol. The number of aromatic nitrogens is 1. The van der Waals surface area contributed by atoms with Crippen molar-refractivity contribution < 1.29 is 0 Å². The summed E-state index contributed by atoms with van der Waals surface area (Å²) in [7, 11) is 1.86. The Bertz CT molecular complexity index is 409. The van der Waals surface area contributed by atoms with Gasteiger partial charge in [0.05, 0.1) is 5.52 Å². The van der Waals surface area contributed by atoms with E-state index >= 15 is 0 Å². The third-order valence-electron chi connectivity index (χ3n) is 2.26. The molecule has 3 N–H and O–H groups in total. The molecule has 72 valence electrons. The highest BCUT2D eigenvalue weighted by molar-refractivity contribution is 5.81. The summed E-state index contributed by atoms with van der Waals surface area (Å²) in [6, 6.07) is 10.1. The van der Waals surface area contributed by atoms with Gasteiger partial charge in [-0.05, 0) is 12.1 Å². The molecule has 1 heterocycles. The first-order chi connectivity index (χ1) is 6.85. The molecule has 14 heavy (non-hydrogen) atoms. The minimum absolute atomic E-state index is 0.508. The number of fused-ring (bicyclic) bond motifs is 1. The van der Waals surface area contributed by atoms with Crippen LogP contribution in [0.1, 0.15) is 5.56 Å². The van der Waals surface area contributed by atoms with Crippen molar-refractivity contribution in [1.82, 2.24) is 4.98 Å².